The lowest BCUT2D eigenvalue weighted by Crippen LogP contribution is -2.17. The highest BCUT2D eigenvalue weighted by Gasteiger charge is 2.03. The third kappa shape index (κ3) is 3.78. The van der Waals surface area contributed by atoms with E-state index in [0.717, 1.165) is 5.56 Å². The second-order valence-corrected chi connectivity index (χ2v) is 4.49. The summed E-state index contributed by atoms with van der Waals surface area (Å²) in [7, 11) is 1.44. The van der Waals surface area contributed by atoms with Crippen LogP contribution in [-0.4, -0.2) is 13.7 Å². The molecule has 2 nitrogen and oxygen atoms in total. The number of benzene rings is 2. The maximum atomic E-state index is 13.5. The first-order valence-electron chi connectivity index (χ1n) is 6.47. The van der Waals surface area contributed by atoms with Gasteiger partial charge in [-0.1, -0.05) is 24.3 Å². The summed E-state index contributed by atoms with van der Waals surface area (Å²) in [6, 6.07) is 11.6. The van der Waals surface area contributed by atoms with E-state index in [0.29, 0.717) is 25.1 Å². The second kappa shape index (κ2) is 7.01. The third-order valence-electron chi connectivity index (χ3n) is 3.07. The van der Waals surface area contributed by atoms with Crippen molar-refractivity contribution in [3.05, 3.63) is 65.2 Å². The highest BCUT2D eigenvalue weighted by molar-refractivity contribution is 5.29. The Morgan fingerprint density at radius 1 is 1.05 bits per heavy atom. The predicted octanol–water partition coefficient (Wildman–Crippen LogP) is 3.31. The van der Waals surface area contributed by atoms with Crippen molar-refractivity contribution in [2.24, 2.45) is 0 Å². The van der Waals surface area contributed by atoms with Crippen molar-refractivity contribution in [3.63, 3.8) is 0 Å². The van der Waals surface area contributed by atoms with Gasteiger partial charge in [0.05, 0.1) is 7.11 Å². The molecule has 0 saturated heterocycles. The fraction of sp³-hybridized carbons (Fsp3) is 0.250. The molecule has 0 bridgehead atoms. The summed E-state index contributed by atoms with van der Waals surface area (Å²) in [5.41, 5.74) is 1.51. The van der Waals surface area contributed by atoms with Crippen LogP contribution >= 0.6 is 0 Å². The van der Waals surface area contributed by atoms with Crippen molar-refractivity contribution in [2.75, 3.05) is 13.7 Å². The van der Waals surface area contributed by atoms with Gasteiger partial charge in [-0.3, -0.25) is 0 Å². The molecule has 0 unspecified atom stereocenters. The average molecular weight is 277 g/mol. The Hall–Kier alpha value is -1.94. The zero-order valence-electron chi connectivity index (χ0n) is 11.3. The number of ether oxygens (including phenoxy) is 1. The third-order valence-corrected chi connectivity index (χ3v) is 3.07. The zero-order chi connectivity index (χ0) is 14.4. The van der Waals surface area contributed by atoms with E-state index in [9.17, 15) is 8.78 Å². The van der Waals surface area contributed by atoms with E-state index < -0.39 is 0 Å². The van der Waals surface area contributed by atoms with Crippen LogP contribution in [0.3, 0.4) is 0 Å². The molecule has 0 saturated carbocycles. The van der Waals surface area contributed by atoms with Gasteiger partial charge in [0, 0.05) is 6.54 Å². The van der Waals surface area contributed by atoms with Crippen molar-refractivity contribution in [3.8, 4) is 5.75 Å². The van der Waals surface area contributed by atoms with Crippen LogP contribution in [0.25, 0.3) is 0 Å². The maximum absolute atomic E-state index is 13.5. The topological polar surface area (TPSA) is 21.3 Å². The number of rotatable bonds is 6. The van der Waals surface area contributed by atoms with E-state index in [2.05, 4.69) is 5.32 Å². The Labute approximate surface area is 117 Å². The first-order chi connectivity index (χ1) is 9.70. The number of hydrogen-bond acceptors (Lipinski definition) is 2. The highest BCUT2D eigenvalue weighted by atomic mass is 19.1. The molecule has 0 spiro atoms. The van der Waals surface area contributed by atoms with E-state index in [1.54, 1.807) is 24.3 Å². The minimum atomic E-state index is -0.374. The lowest BCUT2D eigenvalue weighted by Gasteiger charge is -2.07. The molecule has 0 aliphatic heterocycles. The Morgan fingerprint density at radius 2 is 1.85 bits per heavy atom. The smallest absolute Gasteiger partial charge is 0.165 e. The minimum absolute atomic E-state index is 0.190. The summed E-state index contributed by atoms with van der Waals surface area (Å²) in [5, 5.41) is 3.17. The SMILES string of the molecule is COc1ccc(CNCCc2ccccc2F)cc1F. The summed E-state index contributed by atoms with van der Waals surface area (Å²) in [6.07, 6.45) is 0.602. The van der Waals surface area contributed by atoms with E-state index in [1.165, 1.54) is 19.2 Å². The molecule has 0 aromatic heterocycles. The predicted molar refractivity (Wildman–Crippen MR) is 74.8 cm³/mol. The van der Waals surface area contributed by atoms with Crippen LogP contribution in [0.2, 0.25) is 0 Å². The Bertz CT molecular complexity index is 572. The maximum Gasteiger partial charge on any atom is 0.165 e. The largest absolute Gasteiger partial charge is 0.494 e. The molecule has 1 N–H and O–H groups in total. The molecule has 0 atom stereocenters. The number of methoxy groups -OCH3 is 1. The normalized spacial score (nSPS) is 10.6. The second-order valence-electron chi connectivity index (χ2n) is 4.49. The van der Waals surface area contributed by atoms with Gasteiger partial charge in [-0.2, -0.15) is 0 Å². The molecule has 0 radical (unpaired) electrons. The van der Waals surface area contributed by atoms with E-state index >= 15 is 0 Å². The van der Waals surface area contributed by atoms with Gasteiger partial charge >= 0.3 is 0 Å². The summed E-state index contributed by atoms with van der Waals surface area (Å²) in [4.78, 5) is 0. The van der Waals surface area contributed by atoms with E-state index in [4.69, 9.17) is 4.74 Å². The highest BCUT2D eigenvalue weighted by Crippen LogP contribution is 2.17. The first-order valence-corrected chi connectivity index (χ1v) is 6.47. The van der Waals surface area contributed by atoms with Gasteiger partial charge in [0.1, 0.15) is 5.82 Å². The van der Waals surface area contributed by atoms with Crippen molar-refractivity contribution < 1.29 is 13.5 Å². The standard InChI is InChI=1S/C16H17F2NO/c1-20-16-7-6-12(10-15(16)18)11-19-9-8-13-4-2-3-5-14(13)17/h2-7,10,19H,8-9,11H2,1H3. The van der Waals surface area contributed by atoms with Gasteiger partial charge in [-0.15, -0.1) is 0 Å². The first kappa shape index (κ1) is 14.5. The molecular weight excluding hydrogens is 260 g/mol. The molecule has 4 heteroatoms. The van der Waals surface area contributed by atoms with Gasteiger partial charge in [-0.25, -0.2) is 8.78 Å². The van der Waals surface area contributed by atoms with Crippen LogP contribution in [0.1, 0.15) is 11.1 Å². The molecule has 0 aliphatic carbocycles. The van der Waals surface area contributed by atoms with E-state index in [1.807, 2.05) is 6.07 Å². The molecule has 106 valence electrons. The van der Waals surface area contributed by atoms with Crippen molar-refractivity contribution in [1.82, 2.24) is 5.32 Å². The van der Waals surface area contributed by atoms with Gasteiger partial charge < -0.3 is 10.1 Å². The van der Waals surface area contributed by atoms with Gasteiger partial charge in [0.15, 0.2) is 11.6 Å². The van der Waals surface area contributed by atoms with Crippen LogP contribution in [0.15, 0.2) is 42.5 Å². The van der Waals surface area contributed by atoms with Gasteiger partial charge in [0.2, 0.25) is 0 Å². The van der Waals surface area contributed by atoms with E-state index in [-0.39, 0.29) is 17.4 Å². The molecule has 2 aromatic carbocycles. The lowest BCUT2D eigenvalue weighted by molar-refractivity contribution is 0.386. The Kier molecular flexibility index (Phi) is 5.07. The lowest BCUT2D eigenvalue weighted by atomic mass is 10.1. The zero-order valence-corrected chi connectivity index (χ0v) is 11.3. The Balaban J connectivity index is 1.82. The molecule has 2 rings (SSSR count). The van der Waals surface area contributed by atoms with Crippen LogP contribution in [0.5, 0.6) is 5.75 Å². The Morgan fingerprint density at radius 3 is 2.55 bits per heavy atom. The quantitative estimate of drug-likeness (QED) is 0.818. The minimum Gasteiger partial charge on any atom is -0.494 e. The molecular formula is C16H17F2NO. The summed E-state index contributed by atoms with van der Waals surface area (Å²) in [5.74, 6) is -0.328. The summed E-state index contributed by atoms with van der Waals surface area (Å²) < 4.78 is 31.7. The van der Waals surface area contributed by atoms with Crippen molar-refractivity contribution >= 4 is 0 Å². The molecule has 0 heterocycles. The van der Waals surface area contributed by atoms with Gasteiger partial charge in [0.25, 0.3) is 0 Å². The molecule has 0 fully saturated rings. The molecule has 0 aliphatic rings. The van der Waals surface area contributed by atoms with Crippen molar-refractivity contribution in [2.45, 2.75) is 13.0 Å². The fourth-order valence-corrected chi connectivity index (χ4v) is 1.98. The average Bonchev–Trinajstić information content (AvgIpc) is 2.45. The molecule has 2 aromatic rings. The number of halogens is 2. The van der Waals surface area contributed by atoms with Crippen molar-refractivity contribution in [1.29, 1.82) is 0 Å². The monoisotopic (exact) mass is 277 g/mol. The van der Waals surface area contributed by atoms with Gasteiger partial charge in [-0.05, 0) is 42.3 Å². The van der Waals surface area contributed by atoms with Crippen LogP contribution in [-0.2, 0) is 13.0 Å². The van der Waals surface area contributed by atoms with Crippen LogP contribution in [0, 0.1) is 11.6 Å². The van der Waals surface area contributed by atoms with Crippen LogP contribution < -0.4 is 10.1 Å². The van der Waals surface area contributed by atoms with Crippen LogP contribution in [0.4, 0.5) is 8.78 Å². The summed E-state index contributed by atoms with van der Waals surface area (Å²) >= 11 is 0. The number of nitrogens with one attached hydrogen (secondary N) is 1. The fourth-order valence-electron chi connectivity index (χ4n) is 1.98. The molecule has 20 heavy (non-hydrogen) atoms. The molecule has 0 amide bonds. The number of hydrogen-bond donors (Lipinski definition) is 1. The summed E-state index contributed by atoms with van der Waals surface area (Å²) in [6.45, 7) is 1.17.